The van der Waals surface area contributed by atoms with E-state index in [0.29, 0.717) is 11.5 Å². The zero-order valence-corrected chi connectivity index (χ0v) is 18.5. The molecule has 0 radical (unpaired) electrons. The number of fused-ring (bicyclic) bond motifs is 1. The molecule has 4 rings (SSSR count). The highest BCUT2D eigenvalue weighted by molar-refractivity contribution is 5.59. The van der Waals surface area contributed by atoms with Gasteiger partial charge >= 0.3 is 0 Å². The van der Waals surface area contributed by atoms with Gasteiger partial charge in [0, 0.05) is 68.0 Å². The second kappa shape index (κ2) is 8.81. The van der Waals surface area contributed by atoms with Gasteiger partial charge in [0.2, 0.25) is 0 Å². The number of hydrogen-bond donors (Lipinski definition) is 1. The fourth-order valence-corrected chi connectivity index (χ4v) is 4.20. The molecule has 0 aromatic carbocycles. The Morgan fingerprint density at radius 3 is 2.87 bits per heavy atom. The van der Waals surface area contributed by atoms with E-state index < -0.39 is 0 Å². The maximum atomic E-state index is 11.8. The summed E-state index contributed by atoms with van der Waals surface area (Å²) in [6, 6.07) is 5.86. The average molecular weight is 417 g/mol. The molecule has 0 saturated heterocycles. The SMILES string of the molecule is C/C=C\C(/C(C)=C\c1nc(C)cc(=O)[nH]1)N1CCc2ncc(-c3ccnn3C)cc2C1. The lowest BCUT2D eigenvalue weighted by atomic mass is 9.98. The number of nitrogens with one attached hydrogen (secondary N) is 1. The highest BCUT2D eigenvalue weighted by Gasteiger charge is 2.24. The van der Waals surface area contributed by atoms with Crippen LogP contribution in [0.15, 0.2) is 53.1 Å². The summed E-state index contributed by atoms with van der Waals surface area (Å²) < 4.78 is 1.87. The Balaban J connectivity index is 1.63. The Kier molecular flexibility index (Phi) is 5.95. The number of pyridine rings is 1. The van der Waals surface area contributed by atoms with Crippen molar-refractivity contribution in [3.05, 3.63) is 81.4 Å². The molecule has 1 N–H and O–H groups in total. The number of hydrogen-bond acceptors (Lipinski definition) is 5. The second-order valence-corrected chi connectivity index (χ2v) is 8.02. The molecule has 31 heavy (non-hydrogen) atoms. The summed E-state index contributed by atoms with van der Waals surface area (Å²) in [7, 11) is 1.95. The zero-order chi connectivity index (χ0) is 22.0. The molecule has 3 aromatic rings. The predicted octanol–water partition coefficient (Wildman–Crippen LogP) is 3.28. The topological polar surface area (TPSA) is 79.7 Å². The first-order valence-electron chi connectivity index (χ1n) is 10.5. The smallest absolute Gasteiger partial charge is 0.251 e. The molecule has 0 aliphatic carbocycles. The van der Waals surface area contributed by atoms with Gasteiger partial charge in [0.25, 0.3) is 5.56 Å². The number of nitrogens with zero attached hydrogens (tertiary/aromatic N) is 5. The van der Waals surface area contributed by atoms with Crippen molar-refractivity contribution in [1.82, 2.24) is 29.6 Å². The van der Waals surface area contributed by atoms with E-state index in [1.54, 1.807) is 6.20 Å². The third kappa shape index (κ3) is 4.56. The van der Waals surface area contributed by atoms with Gasteiger partial charge in [-0.2, -0.15) is 5.10 Å². The number of allylic oxidation sites excluding steroid dienone is 1. The molecular weight excluding hydrogens is 388 g/mol. The Morgan fingerprint density at radius 2 is 2.16 bits per heavy atom. The van der Waals surface area contributed by atoms with Gasteiger partial charge in [0.1, 0.15) is 5.82 Å². The van der Waals surface area contributed by atoms with Crippen LogP contribution >= 0.6 is 0 Å². The predicted molar refractivity (Wildman–Crippen MR) is 122 cm³/mol. The van der Waals surface area contributed by atoms with E-state index in [1.165, 1.54) is 11.6 Å². The van der Waals surface area contributed by atoms with Crippen molar-refractivity contribution < 1.29 is 0 Å². The molecule has 1 aliphatic rings. The van der Waals surface area contributed by atoms with Gasteiger partial charge in [0.15, 0.2) is 0 Å². The Morgan fingerprint density at radius 1 is 1.32 bits per heavy atom. The van der Waals surface area contributed by atoms with Crippen LogP contribution in [-0.2, 0) is 20.0 Å². The van der Waals surface area contributed by atoms with Crippen molar-refractivity contribution in [3.8, 4) is 11.3 Å². The van der Waals surface area contributed by atoms with Gasteiger partial charge in [-0.3, -0.25) is 19.4 Å². The first-order valence-corrected chi connectivity index (χ1v) is 10.5. The van der Waals surface area contributed by atoms with Gasteiger partial charge < -0.3 is 4.98 Å². The number of H-pyrrole nitrogens is 1. The maximum Gasteiger partial charge on any atom is 0.251 e. The van der Waals surface area contributed by atoms with Crippen LogP contribution in [0.4, 0.5) is 0 Å². The third-order valence-electron chi connectivity index (χ3n) is 5.67. The van der Waals surface area contributed by atoms with Crippen LogP contribution in [0.5, 0.6) is 0 Å². The van der Waals surface area contributed by atoms with E-state index >= 15 is 0 Å². The molecule has 0 saturated carbocycles. The summed E-state index contributed by atoms with van der Waals surface area (Å²) in [5.74, 6) is 0.592. The highest BCUT2D eigenvalue weighted by Crippen LogP contribution is 2.27. The van der Waals surface area contributed by atoms with E-state index in [2.05, 4.69) is 45.1 Å². The van der Waals surface area contributed by atoms with E-state index in [1.807, 2.05) is 43.9 Å². The van der Waals surface area contributed by atoms with E-state index in [-0.39, 0.29) is 11.6 Å². The van der Waals surface area contributed by atoms with Crippen LogP contribution in [0.3, 0.4) is 0 Å². The lowest BCUT2D eigenvalue weighted by Gasteiger charge is -2.34. The lowest BCUT2D eigenvalue weighted by Crippen LogP contribution is -2.39. The molecule has 1 unspecified atom stereocenters. The van der Waals surface area contributed by atoms with Crippen LogP contribution < -0.4 is 5.56 Å². The molecule has 1 atom stereocenters. The van der Waals surface area contributed by atoms with Crippen LogP contribution in [0.25, 0.3) is 17.3 Å². The van der Waals surface area contributed by atoms with Crippen molar-refractivity contribution in [1.29, 1.82) is 0 Å². The first-order chi connectivity index (χ1) is 14.9. The summed E-state index contributed by atoms with van der Waals surface area (Å²) in [5.41, 5.74) is 6.26. The number of aromatic nitrogens is 5. The van der Waals surface area contributed by atoms with Crippen LogP contribution in [0.1, 0.15) is 36.6 Å². The van der Waals surface area contributed by atoms with Crippen molar-refractivity contribution in [2.75, 3.05) is 6.54 Å². The second-order valence-electron chi connectivity index (χ2n) is 8.02. The molecule has 4 heterocycles. The fraction of sp³-hybridized carbons (Fsp3) is 0.333. The Labute approximate surface area is 182 Å². The fourth-order valence-electron chi connectivity index (χ4n) is 4.20. The summed E-state index contributed by atoms with van der Waals surface area (Å²) >= 11 is 0. The molecule has 7 heteroatoms. The summed E-state index contributed by atoms with van der Waals surface area (Å²) in [6.45, 7) is 7.69. The van der Waals surface area contributed by atoms with E-state index in [4.69, 9.17) is 4.98 Å². The van der Waals surface area contributed by atoms with Crippen LogP contribution in [0.2, 0.25) is 0 Å². The molecule has 3 aromatic heterocycles. The minimum Gasteiger partial charge on any atom is -0.307 e. The minimum absolute atomic E-state index is 0.115. The molecule has 0 fully saturated rings. The molecule has 7 nitrogen and oxygen atoms in total. The average Bonchev–Trinajstić information content (AvgIpc) is 3.16. The summed E-state index contributed by atoms with van der Waals surface area (Å²) in [6.07, 6.45) is 10.9. The van der Waals surface area contributed by atoms with Crippen molar-refractivity contribution >= 4 is 6.08 Å². The van der Waals surface area contributed by atoms with Gasteiger partial charge in [-0.15, -0.1) is 0 Å². The lowest BCUT2D eigenvalue weighted by molar-refractivity contribution is 0.230. The largest absolute Gasteiger partial charge is 0.307 e. The zero-order valence-electron chi connectivity index (χ0n) is 18.5. The van der Waals surface area contributed by atoms with Gasteiger partial charge in [-0.05, 0) is 50.1 Å². The van der Waals surface area contributed by atoms with E-state index in [9.17, 15) is 4.79 Å². The van der Waals surface area contributed by atoms with Crippen LogP contribution in [-0.4, -0.2) is 42.2 Å². The number of rotatable bonds is 5. The van der Waals surface area contributed by atoms with Crippen molar-refractivity contribution in [3.63, 3.8) is 0 Å². The highest BCUT2D eigenvalue weighted by atomic mass is 16.1. The summed E-state index contributed by atoms with van der Waals surface area (Å²) in [4.78, 5) is 26.3. The molecule has 0 bridgehead atoms. The maximum absolute atomic E-state index is 11.8. The van der Waals surface area contributed by atoms with E-state index in [0.717, 1.165) is 42.0 Å². The Bertz CT molecular complexity index is 1200. The molecule has 160 valence electrons. The molecule has 1 aliphatic heterocycles. The van der Waals surface area contributed by atoms with Gasteiger partial charge in [-0.25, -0.2) is 4.98 Å². The van der Waals surface area contributed by atoms with Crippen LogP contribution in [0, 0.1) is 6.92 Å². The summed E-state index contributed by atoms with van der Waals surface area (Å²) in [5, 5.41) is 4.28. The molecular formula is C24H28N6O. The number of aryl methyl sites for hydroxylation is 2. The number of aromatic amines is 1. The van der Waals surface area contributed by atoms with Crippen molar-refractivity contribution in [2.24, 2.45) is 7.05 Å². The van der Waals surface area contributed by atoms with Crippen molar-refractivity contribution in [2.45, 2.75) is 39.8 Å². The monoisotopic (exact) mass is 416 g/mol. The van der Waals surface area contributed by atoms with Gasteiger partial charge in [-0.1, -0.05) is 12.2 Å². The standard InChI is InChI=1S/C24H28N6O/c1-5-6-21(16(2)11-23-27-17(3)12-24(31)28-23)30-10-8-20-19(15-30)13-18(14-25-20)22-7-9-26-29(22)4/h5-7,9,11-14,21H,8,10,15H2,1-4H3,(H,27,28,31)/b6-5-,16-11-. The first kappa shape index (κ1) is 20.9. The normalized spacial score (nSPS) is 15.9. The van der Waals surface area contributed by atoms with Gasteiger partial charge in [0.05, 0.1) is 5.69 Å². The quantitative estimate of drug-likeness (QED) is 0.646. The molecule has 0 amide bonds. The minimum atomic E-state index is -0.130. The Hall–Kier alpha value is -3.32. The third-order valence-corrected chi connectivity index (χ3v) is 5.67. The molecule has 0 spiro atoms.